The largest absolute Gasteiger partial charge is 0.355 e. The Bertz CT molecular complexity index is 738. The van der Waals surface area contributed by atoms with Crippen LogP contribution in [-0.2, 0) is 6.42 Å². The third-order valence-electron chi connectivity index (χ3n) is 3.84. The number of para-hydroxylation sites is 1. The Hall–Kier alpha value is -2.07. The van der Waals surface area contributed by atoms with Gasteiger partial charge in [-0.15, -0.1) is 0 Å². The van der Waals surface area contributed by atoms with E-state index in [9.17, 15) is 0 Å². The first-order valence-corrected chi connectivity index (χ1v) is 6.67. The second-order valence-corrected chi connectivity index (χ2v) is 5.11. The molecular formula is C15H16N4. The summed E-state index contributed by atoms with van der Waals surface area (Å²) in [7, 11) is 0. The molecule has 0 radical (unpaired) electrons. The number of rotatable bonds is 1. The van der Waals surface area contributed by atoms with Crippen LogP contribution in [0.5, 0.6) is 0 Å². The number of hydrogen-bond donors (Lipinski definition) is 2. The van der Waals surface area contributed by atoms with E-state index < -0.39 is 0 Å². The van der Waals surface area contributed by atoms with Gasteiger partial charge < -0.3 is 4.98 Å². The average molecular weight is 252 g/mol. The molecular weight excluding hydrogens is 236 g/mol. The topological polar surface area (TPSA) is 45.6 Å². The lowest BCUT2D eigenvalue weighted by molar-refractivity contribution is 0.403. The van der Waals surface area contributed by atoms with E-state index in [1.165, 1.54) is 22.2 Å². The Morgan fingerprint density at radius 2 is 2.16 bits per heavy atom. The van der Waals surface area contributed by atoms with Crippen LogP contribution in [0.1, 0.15) is 23.1 Å². The lowest BCUT2D eigenvalue weighted by atomic mass is 10.0. The van der Waals surface area contributed by atoms with Gasteiger partial charge in [-0.1, -0.05) is 18.2 Å². The Kier molecular flexibility index (Phi) is 2.26. The van der Waals surface area contributed by atoms with Crippen molar-refractivity contribution in [2.24, 2.45) is 0 Å². The van der Waals surface area contributed by atoms with E-state index in [4.69, 9.17) is 0 Å². The summed E-state index contributed by atoms with van der Waals surface area (Å²) in [6.45, 7) is 3.00. The molecule has 4 nitrogen and oxygen atoms in total. The number of nitrogens with one attached hydrogen (secondary N) is 2. The molecule has 0 saturated carbocycles. The Labute approximate surface area is 111 Å². The molecule has 3 aromatic rings. The van der Waals surface area contributed by atoms with Gasteiger partial charge in [0.2, 0.25) is 0 Å². The maximum Gasteiger partial charge on any atom is 0.142 e. The molecule has 3 heterocycles. The van der Waals surface area contributed by atoms with Crippen molar-refractivity contribution >= 4 is 10.9 Å². The van der Waals surface area contributed by atoms with Gasteiger partial charge in [-0.2, -0.15) is 5.10 Å². The maximum absolute atomic E-state index is 4.54. The van der Waals surface area contributed by atoms with Crippen LogP contribution in [0.4, 0.5) is 0 Å². The van der Waals surface area contributed by atoms with E-state index >= 15 is 0 Å². The lowest BCUT2D eigenvalue weighted by Gasteiger charge is -2.24. The number of H-pyrrole nitrogens is 1. The monoisotopic (exact) mass is 252 g/mol. The SMILES string of the molecule is Cc1ccn(C2NCCc3c2[nH]c2ccccc32)n1. The molecule has 0 fully saturated rings. The van der Waals surface area contributed by atoms with Crippen LogP contribution in [0.25, 0.3) is 10.9 Å². The summed E-state index contributed by atoms with van der Waals surface area (Å²) in [5.41, 5.74) is 4.93. The van der Waals surface area contributed by atoms with Gasteiger partial charge in [0.25, 0.3) is 0 Å². The zero-order valence-corrected chi connectivity index (χ0v) is 10.9. The highest BCUT2D eigenvalue weighted by molar-refractivity contribution is 5.85. The van der Waals surface area contributed by atoms with Crippen LogP contribution in [-0.4, -0.2) is 21.3 Å². The molecule has 4 rings (SSSR count). The van der Waals surface area contributed by atoms with Crippen LogP contribution in [0.15, 0.2) is 36.5 Å². The van der Waals surface area contributed by atoms with Crippen molar-refractivity contribution < 1.29 is 0 Å². The van der Waals surface area contributed by atoms with Crippen molar-refractivity contribution in [2.45, 2.75) is 19.5 Å². The van der Waals surface area contributed by atoms with Crippen LogP contribution in [0.2, 0.25) is 0 Å². The molecule has 0 spiro atoms. The van der Waals surface area contributed by atoms with E-state index in [0.717, 1.165) is 18.7 Å². The first kappa shape index (κ1) is 10.8. The summed E-state index contributed by atoms with van der Waals surface area (Å²) in [5, 5.41) is 9.41. The molecule has 0 bridgehead atoms. The van der Waals surface area contributed by atoms with Crippen molar-refractivity contribution in [2.75, 3.05) is 6.54 Å². The summed E-state index contributed by atoms with van der Waals surface area (Å²) in [6, 6.07) is 10.6. The minimum Gasteiger partial charge on any atom is -0.355 e. The molecule has 4 heteroatoms. The fraction of sp³-hybridized carbons (Fsp3) is 0.267. The number of aromatic nitrogens is 3. The number of hydrogen-bond acceptors (Lipinski definition) is 2. The average Bonchev–Trinajstić information content (AvgIpc) is 3.02. The van der Waals surface area contributed by atoms with Crippen LogP contribution in [0, 0.1) is 6.92 Å². The molecule has 2 N–H and O–H groups in total. The fourth-order valence-electron chi connectivity index (χ4n) is 2.96. The second-order valence-electron chi connectivity index (χ2n) is 5.11. The molecule has 1 atom stereocenters. The Balaban J connectivity index is 1.90. The van der Waals surface area contributed by atoms with Crippen LogP contribution < -0.4 is 5.32 Å². The van der Waals surface area contributed by atoms with Crippen LogP contribution >= 0.6 is 0 Å². The first-order chi connectivity index (χ1) is 9.33. The predicted octanol–water partition coefficient (Wildman–Crippen LogP) is 2.37. The van der Waals surface area contributed by atoms with E-state index in [1.807, 2.05) is 23.9 Å². The highest BCUT2D eigenvalue weighted by Gasteiger charge is 2.25. The molecule has 1 unspecified atom stereocenters. The molecule has 0 saturated heterocycles. The van der Waals surface area contributed by atoms with Crippen molar-refractivity contribution in [1.82, 2.24) is 20.1 Å². The summed E-state index contributed by atoms with van der Waals surface area (Å²) in [6.07, 6.45) is 3.22. The number of nitrogens with zero attached hydrogens (tertiary/aromatic N) is 2. The van der Waals surface area contributed by atoms with Gasteiger partial charge in [-0.25, -0.2) is 4.68 Å². The maximum atomic E-state index is 4.54. The van der Waals surface area contributed by atoms with E-state index in [-0.39, 0.29) is 6.17 Å². The minimum atomic E-state index is 0.116. The predicted molar refractivity (Wildman–Crippen MR) is 75.1 cm³/mol. The van der Waals surface area contributed by atoms with Gasteiger partial charge in [-0.3, -0.25) is 5.32 Å². The molecule has 1 aliphatic rings. The molecule has 2 aromatic heterocycles. The van der Waals surface area contributed by atoms with Gasteiger partial charge in [0.05, 0.1) is 11.4 Å². The van der Waals surface area contributed by atoms with Gasteiger partial charge >= 0.3 is 0 Å². The zero-order valence-electron chi connectivity index (χ0n) is 10.9. The number of aryl methyl sites for hydroxylation is 1. The quantitative estimate of drug-likeness (QED) is 0.698. The van der Waals surface area contributed by atoms with Crippen molar-refractivity contribution in [3.63, 3.8) is 0 Å². The molecule has 0 aliphatic carbocycles. The zero-order chi connectivity index (χ0) is 12.8. The number of aromatic amines is 1. The van der Waals surface area contributed by atoms with Crippen LogP contribution in [0.3, 0.4) is 0 Å². The smallest absolute Gasteiger partial charge is 0.142 e. The third kappa shape index (κ3) is 1.60. The van der Waals surface area contributed by atoms with Gasteiger partial charge in [0.15, 0.2) is 0 Å². The van der Waals surface area contributed by atoms with Crippen molar-refractivity contribution in [3.05, 3.63) is 53.5 Å². The normalized spacial score (nSPS) is 18.7. The Morgan fingerprint density at radius 3 is 3.00 bits per heavy atom. The highest BCUT2D eigenvalue weighted by atomic mass is 15.4. The third-order valence-corrected chi connectivity index (χ3v) is 3.84. The first-order valence-electron chi connectivity index (χ1n) is 6.67. The van der Waals surface area contributed by atoms with Gasteiger partial charge in [0, 0.05) is 23.6 Å². The molecule has 1 aromatic carbocycles. The van der Waals surface area contributed by atoms with Gasteiger partial charge in [-0.05, 0) is 31.0 Å². The summed E-state index contributed by atoms with van der Waals surface area (Å²) >= 11 is 0. The number of fused-ring (bicyclic) bond motifs is 3. The molecule has 0 amide bonds. The summed E-state index contributed by atoms with van der Waals surface area (Å²) in [4.78, 5) is 3.55. The Morgan fingerprint density at radius 1 is 1.26 bits per heavy atom. The van der Waals surface area contributed by atoms with E-state index in [2.05, 4.69) is 39.7 Å². The molecule has 19 heavy (non-hydrogen) atoms. The van der Waals surface area contributed by atoms with Gasteiger partial charge in [0.1, 0.15) is 6.17 Å². The summed E-state index contributed by atoms with van der Waals surface area (Å²) in [5.74, 6) is 0. The standard InChI is InChI=1S/C15H16N4/c1-10-7-9-19(18-10)15-14-12(6-8-16-15)11-4-2-3-5-13(11)17-14/h2-5,7,9,15-17H,6,8H2,1H3. The van der Waals surface area contributed by atoms with Crippen molar-refractivity contribution in [1.29, 1.82) is 0 Å². The minimum absolute atomic E-state index is 0.116. The lowest BCUT2D eigenvalue weighted by Crippen LogP contribution is -2.34. The summed E-state index contributed by atoms with van der Waals surface area (Å²) < 4.78 is 2.00. The van der Waals surface area contributed by atoms with Crippen molar-refractivity contribution in [3.8, 4) is 0 Å². The fourth-order valence-corrected chi connectivity index (χ4v) is 2.96. The second kappa shape index (κ2) is 3.96. The number of benzene rings is 1. The molecule has 1 aliphatic heterocycles. The molecule has 96 valence electrons. The van der Waals surface area contributed by atoms with E-state index in [1.54, 1.807) is 0 Å². The highest BCUT2D eigenvalue weighted by Crippen LogP contribution is 2.30. The van der Waals surface area contributed by atoms with E-state index in [0.29, 0.717) is 0 Å².